The third-order valence-corrected chi connectivity index (χ3v) is 5.60. The Bertz CT molecular complexity index is 725. The molecule has 1 saturated carbocycles. The molecule has 0 N–H and O–H groups in total. The molecule has 0 bridgehead atoms. The van der Waals surface area contributed by atoms with E-state index in [1.165, 1.54) is 17.0 Å². The lowest BCUT2D eigenvalue weighted by atomic mass is 9.81. The third kappa shape index (κ3) is 4.20. The number of amides is 1. The van der Waals surface area contributed by atoms with E-state index in [2.05, 4.69) is 6.07 Å². The van der Waals surface area contributed by atoms with Crippen molar-refractivity contribution in [3.05, 3.63) is 32.8 Å². The van der Waals surface area contributed by atoms with E-state index >= 15 is 0 Å². The second-order valence-electron chi connectivity index (χ2n) is 5.95. The zero-order chi connectivity index (χ0) is 18.6. The number of halogens is 3. The van der Waals surface area contributed by atoms with Crippen molar-refractivity contribution in [2.75, 3.05) is 13.7 Å². The minimum absolute atomic E-state index is 0.0271. The molecule has 0 heterocycles. The van der Waals surface area contributed by atoms with Gasteiger partial charge in [-0.2, -0.15) is 5.26 Å². The molecule has 1 amide bonds. The average Bonchev–Trinajstić information content (AvgIpc) is 2.63. The van der Waals surface area contributed by atoms with Gasteiger partial charge in [-0.1, -0.05) is 54.1 Å². The van der Waals surface area contributed by atoms with Gasteiger partial charge in [0.25, 0.3) is 5.91 Å². The molecule has 0 saturated heterocycles. The molecule has 1 aliphatic carbocycles. The summed E-state index contributed by atoms with van der Waals surface area (Å²) in [7, 11) is 1.56. The van der Waals surface area contributed by atoms with Crippen molar-refractivity contribution in [1.29, 1.82) is 5.26 Å². The van der Waals surface area contributed by atoms with Gasteiger partial charge >= 0.3 is 5.97 Å². The molecule has 5 nitrogen and oxygen atoms in total. The summed E-state index contributed by atoms with van der Waals surface area (Å²) < 4.78 is 5.04. The Labute approximate surface area is 161 Å². The van der Waals surface area contributed by atoms with Gasteiger partial charge in [-0.15, -0.1) is 0 Å². The van der Waals surface area contributed by atoms with Crippen LogP contribution in [0.25, 0.3) is 0 Å². The smallest absolute Gasteiger partial charge is 0.341 e. The number of benzene rings is 1. The zero-order valence-corrected chi connectivity index (χ0v) is 15.9. The minimum Gasteiger partial charge on any atom is -0.452 e. The maximum atomic E-state index is 12.4. The van der Waals surface area contributed by atoms with Crippen LogP contribution in [0.2, 0.25) is 15.1 Å². The van der Waals surface area contributed by atoms with E-state index < -0.39 is 24.0 Å². The van der Waals surface area contributed by atoms with E-state index in [9.17, 15) is 14.9 Å². The van der Waals surface area contributed by atoms with Gasteiger partial charge in [-0.3, -0.25) is 4.79 Å². The van der Waals surface area contributed by atoms with Crippen LogP contribution in [0.5, 0.6) is 0 Å². The molecule has 0 aliphatic heterocycles. The summed E-state index contributed by atoms with van der Waals surface area (Å²) in [6.07, 6.45) is 4.06. The summed E-state index contributed by atoms with van der Waals surface area (Å²) in [5.41, 5.74) is -0.924. The number of likely N-dealkylation sites (N-methyl/N-ethyl adjacent to an activating group) is 1. The van der Waals surface area contributed by atoms with E-state index in [0.717, 1.165) is 19.3 Å². The Morgan fingerprint density at radius 2 is 1.80 bits per heavy atom. The highest BCUT2D eigenvalue weighted by molar-refractivity contribution is 6.46. The molecular weight excluding hydrogens is 387 g/mol. The van der Waals surface area contributed by atoms with Crippen molar-refractivity contribution in [2.45, 2.75) is 37.6 Å². The Morgan fingerprint density at radius 1 is 1.20 bits per heavy atom. The number of carbonyl (C=O) groups excluding carboxylic acids is 2. The standard InChI is InChI=1S/C17H17Cl3N2O3/c1-22(17(10-21)7-3-2-4-8-17)13(23)9-25-16(24)14-11(18)5-6-12(19)15(14)20/h5-6H,2-4,7-9H2,1H3. The summed E-state index contributed by atoms with van der Waals surface area (Å²) in [4.78, 5) is 26.0. The van der Waals surface area contributed by atoms with Crippen molar-refractivity contribution in [2.24, 2.45) is 0 Å². The van der Waals surface area contributed by atoms with E-state index in [1.54, 1.807) is 7.05 Å². The van der Waals surface area contributed by atoms with Gasteiger partial charge in [0, 0.05) is 7.05 Å². The van der Waals surface area contributed by atoms with Crippen molar-refractivity contribution in [3.8, 4) is 6.07 Å². The van der Waals surface area contributed by atoms with Gasteiger partial charge in [0.1, 0.15) is 5.54 Å². The largest absolute Gasteiger partial charge is 0.452 e. The SMILES string of the molecule is CN(C(=O)COC(=O)c1c(Cl)ccc(Cl)c1Cl)C1(C#N)CCCCC1. The minimum atomic E-state index is -0.840. The first-order valence-corrected chi connectivity index (χ1v) is 8.94. The van der Waals surface area contributed by atoms with Crippen molar-refractivity contribution >= 4 is 46.7 Å². The molecule has 1 fully saturated rings. The van der Waals surface area contributed by atoms with E-state index in [0.29, 0.717) is 12.8 Å². The first kappa shape index (κ1) is 19.8. The fraction of sp³-hybridized carbons (Fsp3) is 0.471. The Kier molecular flexibility index (Phi) is 6.56. The number of nitriles is 1. The van der Waals surface area contributed by atoms with E-state index in [1.807, 2.05) is 0 Å². The molecule has 25 heavy (non-hydrogen) atoms. The van der Waals surface area contributed by atoms with Crippen LogP contribution in [-0.2, 0) is 9.53 Å². The molecule has 1 aromatic carbocycles. The van der Waals surface area contributed by atoms with Crippen molar-refractivity contribution in [1.82, 2.24) is 4.90 Å². The zero-order valence-electron chi connectivity index (χ0n) is 13.7. The van der Waals surface area contributed by atoms with Crippen LogP contribution < -0.4 is 0 Å². The summed E-state index contributed by atoms with van der Waals surface area (Å²) in [5.74, 6) is -1.29. The number of nitrogens with zero attached hydrogens (tertiary/aromatic N) is 2. The number of rotatable bonds is 4. The molecule has 0 atom stereocenters. The maximum Gasteiger partial charge on any atom is 0.341 e. The molecule has 0 aromatic heterocycles. The molecule has 0 unspecified atom stereocenters. The number of hydrogen-bond acceptors (Lipinski definition) is 4. The summed E-state index contributed by atoms with van der Waals surface area (Å²) >= 11 is 17.8. The van der Waals surface area contributed by atoms with Gasteiger partial charge < -0.3 is 9.64 Å². The number of carbonyl (C=O) groups is 2. The Hall–Kier alpha value is -1.48. The first-order chi connectivity index (χ1) is 11.8. The van der Waals surface area contributed by atoms with Gasteiger partial charge in [-0.05, 0) is 25.0 Å². The fourth-order valence-corrected chi connectivity index (χ4v) is 3.59. The van der Waals surface area contributed by atoms with Crippen molar-refractivity contribution in [3.63, 3.8) is 0 Å². The monoisotopic (exact) mass is 402 g/mol. The normalized spacial score (nSPS) is 16.0. The molecule has 0 radical (unpaired) electrons. The Balaban J connectivity index is 2.06. The van der Waals surface area contributed by atoms with E-state index in [-0.39, 0.29) is 20.6 Å². The first-order valence-electron chi connectivity index (χ1n) is 7.81. The molecule has 1 aliphatic rings. The summed E-state index contributed by atoms with van der Waals surface area (Å²) in [5, 5.41) is 9.73. The highest BCUT2D eigenvalue weighted by atomic mass is 35.5. The van der Waals surface area contributed by atoms with Crippen LogP contribution in [0.4, 0.5) is 0 Å². The second kappa shape index (κ2) is 8.27. The molecule has 134 valence electrons. The molecule has 0 spiro atoms. The lowest BCUT2D eigenvalue weighted by molar-refractivity contribution is -0.138. The van der Waals surface area contributed by atoms with Crippen LogP contribution in [0, 0.1) is 11.3 Å². The quantitative estimate of drug-likeness (QED) is 0.548. The topological polar surface area (TPSA) is 70.4 Å². The van der Waals surface area contributed by atoms with Crippen LogP contribution in [0.1, 0.15) is 42.5 Å². The van der Waals surface area contributed by atoms with Gasteiger partial charge in [0.05, 0.1) is 26.7 Å². The Morgan fingerprint density at radius 3 is 2.40 bits per heavy atom. The van der Waals surface area contributed by atoms with Crippen molar-refractivity contribution < 1.29 is 14.3 Å². The predicted molar refractivity (Wildman–Crippen MR) is 96.0 cm³/mol. The lowest BCUT2D eigenvalue weighted by Crippen LogP contribution is -2.51. The van der Waals surface area contributed by atoms with Crippen LogP contribution in [0.3, 0.4) is 0 Å². The molecule has 8 heteroatoms. The van der Waals surface area contributed by atoms with Crippen LogP contribution in [-0.4, -0.2) is 36.0 Å². The second-order valence-corrected chi connectivity index (χ2v) is 7.14. The predicted octanol–water partition coefficient (Wildman–Crippen LogP) is 4.49. The van der Waals surface area contributed by atoms with Gasteiger partial charge in [-0.25, -0.2) is 4.79 Å². The van der Waals surface area contributed by atoms with Crippen LogP contribution in [0.15, 0.2) is 12.1 Å². The highest BCUT2D eigenvalue weighted by Crippen LogP contribution is 2.33. The van der Waals surface area contributed by atoms with Gasteiger partial charge in [0.2, 0.25) is 0 Å². The average molecular weight is 404 g/mol. The molecule has 1 aromatic rings. The highest BCUT2D eigenvalue weighted by Gasteiger charge is 2.39. The molecular formula is C17H17Cl3N2O3. The maximum absolute atomic E-state index is 12.4. The third-order valence-electron chi connectivity index (χ3n) is 4.48. The fourth-order valence-electron chi connectivity index (χ4n) is 2.91. The van der Waals surface area contributed by atoms with Crippen LogP contribution >= 0.6 is 34.8 Å². The summed E-state index contributed by atoms with van der Waals surface area (Å²) in [6, 6.07) is 5.13. The van der Waals surface area contributed by atoms with Gasteiger partial charge in [0.15, 0.2) is 6.61 Å². The van der Waals surface area contributed by atoms with E-state index in [4.69, 9.17) is 39.5 Å². The number of esters is 1. The summed E-state index contributed by atoms with van der Waals surface area (Å²) in [6.45, 7) is -0.502. The number of ether oxygens (including phenoxy) is 1. The molecule has 2 rings (SSSR count). The number of hydrogen-bond donors (Lipinski definition) is 0. The lowest BCUT2D eigenvalue weighted by Gasteiger charge is -2.38.